The van der Waals surface area contributed by atoms with Gasteiger partial charge in [-0.25, -0.2) is 18.2 Å². The fourth-order valence-corrected chi connectivity index (χ4v) is 3.58. The van der Waals surface area contributed by atoms with Gasteiger partial charge in [0.2, 0.25) is 10.0 Å². The van der Waals surface area contributed by atoms with Gasteiger partial charge >= 0.3 is 6.18 Å². The molecule has 138 valence electrons. The highest BCUT2D eigenvalue weighted by atomic mass is 32.2. The zero-order chi connectivity index (χ0) is 19.1. The van der Waals surface area contributed by atoms with Crippen LogP contribution in [-0.2, 0) is 16.2 Å². The van der Waals surface area contributed by atoms with Crippen LogP contribution in [0.25, 0.3) is 17.0 Å². The summed E-state index contributed by atoms with van der Waals surface area (Å²) >= 11 is 0. The Morgan fingerprint density at radius 3 is 2.38 bits per heavy atom. The molecule has 0 radical (unpaired) electrons. The van der Waals surface area contributed by atoms with Crippen LogP contribution in [0.1, 0.15) is 19.0 Å². The maximum Gasteiger partial charge on any atom is 0.435 e. The van der Waals surface area contributed by atoms with Gasteiger partial charge in [0.15, 0.2) is 5.69 Å². The van der Waals surface area contributed by atoms with Gasteiger partial charge in [0, 0.05) is 17.2 Å². The fraction of sp³-hybridized carbons (Fsp3) is 0.235. The van der Waals surface area contributed by atoms with Crippen LogP contribution in [-0.4, -0.2) is 18.2 Å². The third-order valence-corrected chi connectivity index (χ3v) is 5.17. The quantitative estimate of drug-likeness (QED) is 0.879. The summed E-state index contributed by atoms with van der Waals surface area (Å²) in [5.41, 5.74) is 0.311. The molecule has 0 saturated carbocycles. The van der Waals surface area contributed by atoms with E-state index in [4.69, 9.17) is 5.14 Å². The largest absolute Gasteiger partial charge is 0.435 e. The zero-order valence-corrected chi connectivity index (χ0v) is 14.6. The number of allylic oxidation sites excluding steroid dienone is 4. The number of hydrogen-bond donors (Lipinski definition) is 1. The Morgan fingerprint density at radius 2 is 1.85 bits per heavy atom. The molecule has 0 aliphatic heterocycles. The Morgan fingerprint density at radius 1 is 1.19 bits per heavy atom. The first kappa shape index (κ1) is 18.4. The Hall–Kier alpha value is -2.39. The van der Waals surface area contributed by atoms with Gasteiger partial charge in [-0.1, -0.05) is 37.3 Å². The predicted molar refractivity (Wildman–Crippen MR) is 91.9 cm³/mol. The van der Waals surface area contributed by atoms with Crippen molar-refractivity contribution in [3.05, 3.63) is 59.1 Å². The van der Waals surface area contributed by atoms with Gasteiger partial charge in [-0.15, -0.1) is 0 Å². The minimum absolute atomic E-state index is 0.0400. The number of primary sulfonamides is 1. The first-order valence-corrected chi connectivity index (χ1v) is 9.28. The first-order chi connectivity index (χ1) is 12.1. The van der Waals surface area contributed by atoms with E-state index in [1.54, 1.807) is 37.3 Å². The summed E-state index contributed by atoms with van der Waals surface area (Å²) in [5.74, 6) is -0.378. The predicted octanol–water partition coefficient (Wildman–Crippen LogP) is 3.62. The van der Waals surface area contributed by atoms with E-state index >= 15 is 0 Å². The molecule has 1 aliphatic rings. The average Bonchev–Trinajstić information content (AvgIpc) is 3.00. The molecule has 3 rings (SSSR count). The topological polar surface area (TPSA) is 78.0 Å². The Kier molecular flexibility index (Phi) is 4.53. The zero-order valence-electron chi connectivity index (χ0n) is 13.7. The summed E-state index contributed by atoms with van der Waals surface area (Å²) in [6.07, 6.45) is -1.73. The molecule has 26 heavy (non-hydrogen) atoms. The van der Waals surface area contributed by atoms with Crippen molar-refractivity contribution < 1.29 is 21.6 Å². The molecule has 0 amide bonds. The standard InChI is InChI=1S/C17H16F3N3O2S/c1-11-9-13(26(21,24)25)7-8-14(11)23-15(12-5-3-2-4-6-12)10-16(22-23)17(18,19)20/h2-8,10-11H,9H2,1H3,(H2,21,24,25). The summed E-state index contributed by atoms with van der Waals surface area (Å²) in [6.45, 7) is 1.72. The minimum atomic E-state index is -4.59. The molecule has 1 heterocycles. The first-order valence-electron chi connectivity index (χ1n) is 7.74. The number of nitrogens with zero attached hydrogens (tertiary/aromatic N) is 2. The molecule has 2 aromatic rings. The van der Waals surface area contributed by atoms with E-state index in [9.17, 15) is 21.6 Å². The summed E-state index contributed by atoms with van der Waals surface area (Å²) < 4.78 is 63.8. The van der Waals surface area contributed by atoms with Gasteiger partial charge in [-0.2, -0.15) is 18.3 Å². The summed E-state index contributed by atoms with van der Waals surface area (Å²) in [6, 6.07) is 9.57. The molecule has 2 N–H and O–H groups in total. The molecule has 1 aromatic heterocycles. The summed E-state index contributed by atoms with van der Waals surface area (Å²) in [4.78, 5) is 0.0400. The molecule has 0 saturated heterocycles. The number of rotatable bonds is 3. The second-order valence-electron chi connectivity index (χ2n) is 6.07. The van der Waals surface area contributed by atoms with Crippen molar-refractivity contribution in [2.24, 2.45) is 11.1 Å². The number of aromatic nitrogens is 2. The Bertz CT molecular complexity index is 990. The van der Waals surface area contributed by atoms with E-state index in [0.29, 0.717) is 11.3 Å². The molecule has 5 nitrogen and oxygen atoms in total. The SMILES string of the molecule is CC1CC(S(N)(=O)=O)=CC=C1n1nc(C(F)(F)F)cc1-c1ccccc1. The second kappa shape index (κ2) is 6.40. The van der Waals surface area contributed by atoms with Crippen molar-refractivity contribution in [1.29, 1.82) is 0 Å². The van der Waals surface area contributed by atoms with Crippen LogP contribution in [0.4, 0.5) is 13.2 Å². The van der Waals surface area contributed by atoms with E-state index in [1.807, 2.05) is 0 Å². The summed E-state index contributed by atoms with van der Waals surface area (Å²) in [5, 5.41) is 8.87. The van der Waals surface area contributed by atoms with E-state index in [2.05, 4.69) is 5.10 Å². The Labute approximate surface area is 148 Å². The normalized spacial score (nSPS) is 18.4. The maximum absolute atomic E-state index is 13.2. The van der Waals surface area contributed by atoms with Crippen molar-refractivity contribution in [2.45, 2.75) is 19.5 Å². The van der Waals surface area contributed by atoms with Crippen molar-refractivity contribution in [1.82, 2.24) is 9.78 Å². The highest BCUT2D eigenvalue weighted by Gasteiger charge is 2.36. The number of sulfonamides is 1. The lowest BCUT2D eigenvalue weighted by Crippen LogP contribution is -2.21. The molecule has 0 bridgehead atoms. The van der Waals surface area contributed by atoms with Crippen molar-refractivity contribution >= 4 is 15.7 Å². The van der Waals surface area contributed by atoms with Crippen LogP contribution in [0.2, 0.25) is 0 Å². The minimum Gasteiger partial charge on any atom is -0.236 e. The van der Waals surface area contributed by atoms with Gasteiger partial charge in [0.05, 0.1) is 10.6 Å². The number of benzene rings is 1. The van der Waals surface area contributed by atoms with Crippen LogP contribution in [0, 0.1) is 5.92 Å². The van der Waals surface area contributed by atoms with Gasteiger partial charge in [0.1, 0.15) is 0 Å². The number of nitrogens with two attached hydrogens (primary N) is 1. The van der Waals surface area contributed by atoms with Gasteiger partial charge in [0.25, 0.3) is 0 Å². The second-order valence-corrected chi connectivity index (χ2v) is 7.68. The molecular formula is C17H16F3N3O2S. The highest BCUT2D eigenvalue weighted by molar-refractivity contribution is 7.93. The lowest BCUT2D eigenvalue weighted by Gasteiger charge is -2.22. The Balaban J connectivity index is 2.17. The monoisotopic (exact) mass is 383 g/mol. The molecule has 1 atom stereocenters. The van der Waals surface area contributed by atoms with Crippen LogP contribution in [0.5, 0.6) is 0 Å². The number of hydrogen-bond acceptors (Lipinski definition) is 3. The molecule has 0 spiro atoms. The molecule has 1 aliphatic carbocycles. The highest BCUT2D eigenvalue weighted by Crippen LogP contribution is 2.36. The molecular weight excluding hydrogens is 367 g/mol. The van der Waals surface area contributed by atoms with Crippen LogP contribution in [0.15, 0.2) is 53.5 Å². The molecule has 1 aromatic carbocycles. The van der Waals surface area contributed by atoms with Crippen molar-refractivity contribution in [2.75, 3.05) is 0 Å². The average molecular weight is 383 g/mol. The van der Waals surface area contributed by atoms with E-state index in [1.165, 1.54) is 16.8 Å². The lowest BCUT2D eigenvalue weighted by molar-refractivity contribution is -0.141. The van der Waals surface area contributed by atoms with E-state index in [-0.39, 0.29) is 22.9 Å². The number of halogens is 3. The molecule has 0 fully saturated rings. The van der Waals surface area contributed by atoms with E-state index in [0.717, 1.165) is 6.07 Å². The van der Waals surface area contributed by atoms with Crippen molar-refractivity contribution in [3.8, 4) is 11.3 Å². The lowest BCUT2D eigenvalue weighted by atomic mass is 9.98. The number of alkyl halides is 3. The third-order valence-electron chi connectivity index (χ3n) is 4.13. The summed E-state index contributed by atoms with van der Waals surface area (Å²) in [7, 11) is -3.84. The van der Waals surface area contributed by atoms with Crippen LogP contribution in [0.3, 0.4) is 0 Å². The van der Waals surface area contributed by atoms with Crippen LogP contribution < -0.4 is 5.14 Å². The van der Waals surface area contributed by atoms with Gasteiger partial charge < -0.3 is 0 Å². The maximum atomic E-state index is 13.2. The van der Waals surface area contributed by atoms with Crippen LogP contribution >= 0.6 is 0 Å². The van der Waals surface area contributed by atoms with Gasteiger partial charge in [-0.3, -0.25) is 0 Å². The van der Waals surface area contributed by atoms with Crippen molar-refractivity contribution in [3.63, 3.8) is 0 Å². The van der Waals surface area contributed by atoms with Gasteiger partial charge in [-0.05, 0) is 24.6 Å². The smallest absolute Gasteiger partial charge is 0.236 e. The fourth-order valence-electron chi connectivity index (χ4n) is 2.84. The molecule has 1 unspecified atom stereocenters. The molecule has 9 heteroatoms. The van der Waals surface area contributed by atoms with E-state index < -0.39 is 21.9 Å². The third kappa shape index (κ3) is 3.58.